The van der Waals surface area contributed by atoms with Crippen LogP contribution >= 0.6 is 11.6 Å². The monoisotopic (exact) mass is 325 g/mol. The Hall–Kier alpha value is -0.720. The summed E-state index contributed by atoms with van der Waals surface area (Å²) in [6, 6.07) is 1.84. The van der Waals surface area contributed by atoms with Crippen molar-refractivity contribution < 1.29 is 17.2 Å². The van der Waals surface area contributed by atoms with Gasteiger partial charge in [-0.15, -0.1) is 11.6 Å². The Morgan fingerprint density at radius 2 is 1.80 bits per heavy atom. The summed E-state index contributed by atoms with van der Waals surface area (Å²) in [7, 11) is -2.65. The highest BCUT2D eigenvalue weighted by Gasteiger charge is 2.29. The molecular formula is C13H18ClF2NO2S. The van der Waals surface area contributed by atoms with Gasteiger partial charge in [-0.05, 0) is 17.5 Å². The molecule has 0 saturated carbocycles. The van der Waals surface area contributed by atoms with Crippen molar-refractivity contribution in [2.75, 3.05) is 13.6 Å². The second kappa shape index (κ2) is 5.95. The summed E-state index contributed by atoms with van der Waals surface area (Å²) in [6.45, 7) is 5.81. The van der Waals surface area contributed by atoms with E-state index in [1.54, 1.807) is 0 Å². The zero-order valence-corrected chi connectivity index (χ0v) is 13.4. The Kier molecular flexibility index (Phi) is 5.16. The van der Waals surface area contributed by atoms with Gasteiger partial charge < -0.3 is 0 Å². The predicted molar refractivity (Wildman–Crippen MR) is 75.2 cm³/mol. The zero-order chi connectivity index (χ0) is 15.7. The molecule has 0 aromatic heterocycles. The van der Waals surface area contributed by atoms with E-state index in [9.17, 15) is 17.2 Å². The molecule has 0 heterocycles. The lowest BCUT2D eigenvalue weighted by atomic mass is 9.97. The fourth-order valence-corrected chi connectivity index (χ4v) is 3.55. The van der Waals surface area contributed by atoms with E-state index >= 15 is 0 Å². The van der Waals surface area contributed by atoms with Crippen LogP contribution < -0.4 is 0 Å². The van der Waals surface area contributed by atoms with E-state index in [-0.39, 0.29) is 12.0 Å². The number of hydrogen-bond acceptors (Lipinski definition) is 2. The van der Waals surface area contributed by atoms with Gasteiger partial charge in [0.2, 0.25) is 10.0 Å². The summed E-state index contributed by atoms with van der Waals surface area (Å²) >= 11 is 5.46. The van der Waals surface area contributed by atoms with E-state index in [0.717, 1.165) is 16.4 Å². The van der Waals surface area contributed by atoms with Crippen molar-refractivity contribution in [1.82, 2.24) is 4.31 Å². The summed E-state index contributed by atoms with van der Waals surface area (Å²) in [5.41, 5.74) is -0.718. The van der Waals surface area contributed by atoms with Crippen LogP contribution in [-0.2, 0) is 15.9 Å². The molecule has 0 unspecified atom stereocenters. The molecule has 0 spiro atoms. The van der Waals surface area contributed by atoms with Crippen LogP contribution in [0.4, 0.5) is 8.78 Å². The topological polar surface area (TPSA) is 37.4 Å². The quantitative estimate of drug-likeness (QED) is 0.796. The van der Waals surface area contributed by atoms with E-state index in [0.29, 0.717) is 0 Å². The minimum Gasteiger partial charge on any atom is -0.207 e. The Morgan fingerprint density at radius 1 is 1.25 bits per heavy atom. The molecule has 0 bridgehead atoms. The number of rotatable bonds is 4. The molecule has 0 aliphatic rings. The standard InChI is InChI=1S/C13H18ClF2NO2S/c1-13(2,3)8-17(4)20(18,19)11-6-5-10(15)9(7-14)12(11)16/h5-6H,7-8H2,1-4H3. The maximum atomic E-state index is 14.1. The Labute approximate surface area is 123 Å². The molecule has 114 valence electrons. The summed E-state index contributed by atoms with van der Waals surface area (Å²) in [4.78, 5) is -0.554. The van der Waals surface area contributed by atoms with E-state index in [1.807, 2.05) is 20.8 Å². The van der Waals surface area contributed by atoms with Crippen LogP contribution in [0, 0.1) is 17.0 Å². The van der Waals surface area contributed by atoms with Gasteiger partial charge in [-0.3, -0.25) is 0 Å². The number of halogens is 3. The van der Waals surface area contributed by atoms with Gasteiger partial charge >= 0.3 is 0 Å². The van der Waals surface area contributed by atoms with Crippen LogP contribution in [0.3, 0.4) is 0 Å². The maximum absolute atomic E-state index is 14.1. The zero-order valence-electron chi connectivity index (χ0n) is 11.9. The molecule has 0 saturated heterocycles. The van der Waals surface area contributed by atoms with Crippen LogP contribution in [0.1, 0.15) is 26.3 Å². The largest absolute Gasteiger partial charge is 0.245 e. The average molecular weight is 326 g/mol. The lowest BCUT2D eigenvalue weighted by Gasteiger charge is -2.26. The van der Waals surface area contributed by atoms with Crippen LogP contribution in [0.2, 0.25) is 0 Å². The van der Waals surface area contributed by atoms with Crippen molar-refractivity contribution >= 4 is 21.6 Å². The van der Waals surface area contributed by atoms with Gasteiger partial charge in [0.15, 0.2) is 5.82 Å². The predicted octanol–water partition coefficient (Wildman–Crippen LogP) is 3.37. The number of nitrogens with zero attached hydrogens (tertiary/aromatic N) is 1. The van der Waals surface area contributed by atoms with Crippen LogP contribution in [0.5, 0.6) is 0 Å². The highest BCUT2D eigenvalue weighted by atomic mass is 35.5. The molecule has 0 radical (unpaired) electrons. The first-order valence-corrected chi connectivity index (χ1v) is 7.97. The van der Waals surface area contributed by atoms with Crippen molar-refractivity contribution in [2.45, 2.75) is 31.5 Å². The van der Waals surface area contributed by atoms with E-state index in [4.69, 9.17) is 11.6 Å². The highest BCUT2D eigenvalue weighted by Crippen LogP contribution is 2.26. The van der Waals surface area contributed by atoms with Crippen molar-refractivity contribution in [3.63, 3.8) is 0 Å². The molecule has 0 amide bonds. The second-order valence-corrected chi connectivity index (χ2v) is 8.07. The third kappa shape index (κ3) is 3.68. The van der Waals surface area contributed by atoms with Crippen LogP contribution in [0.15, 0.2) is 17.0 Å². The van der Waals surface area contributed by atoms with Gasteiger partial charge in [-0.2, -0.15) is 0 Å². The summed E-state index contributed by atoms with van der Waals surface area (Å²) < 4.78 is 53.2. The molecule has 20 heavy (non-hydrogen) atoms. The SMILES string of the molecule is CN(CC(C)(C)C)S(=O)(=O)c1ccc(F)c(CCl)c1F. The van der Waals surface area contributed by atoms with Gasteiger partial charge in [-0.1, -0.05) is 20.8 Å². The fraction of sp³-hybridized carbons (Fsp3) is 0.538. The molecule has 0 N–H and O–H groups in total. The molecule has 3 nitrogen and oxygen atoms in total. The molecule has 0 fully saturated rings. The number of sulfonamides is 1. The number of hydrogen-bond donors (Lipinski definition) is 0. The lowest BCUT2D eigenvalue weighted by Crippen LogP contribution is -2.35. The number of alkyl halides is 1. The second-order valence-electron chi connectivity index (χ2n) is 5.79. The third-order valence-electron chi connectivity index (χ3n) is 2.67. The third-order valence-corrected chi connectivity index (χ3v) is 4.76. The smallest absolute Gasteiger partial charge is 0.207 e. The summed E-state index contributed by atoms with van der Waals surface area (Å²) in [6.07, 6.45) is 0. The Balaban J connectivity index is 3.30. The first-order chi connectivity index (χ1) is 9.00. The Morgan fingerprint density at radius 3 is 2.25 bits per heavy atom. The van der Waals surface area contributed by atoms with Gasteiger partial charge in [0.25, 0.3) is 0 Å². The molecule has 0 aliphatic heterocycles. The first-order valence-electron chi connectivity index (χ1n) is 6.00. The maximum Gasteiger partial charge on any atom is 0.245 e. The van der Waals surface area contributed by atoms with E-state index < -0.39 is 38.0 Å². The molecule has 7 heteroatoms. The van der Waals surface area contributed by atoms with Crippen molar-refractivity contribution in [2.24, 2.45) is 5.41 Å². The van der Waals surface area contributed by atoms with Crippen molar-refractivity contribution in [1.29, 1.82) is 0 Å². The highest BCUT2D eigenvalue weighted by molar-refractivity contribution is 7.89. The van der Waals surface area contributed by atoms with Crippen LogP contribution in [-0.4, -0.2) is 26.3 Å². The molecule has 1 aromatic carbocycles. The van der Waals surface area contributed by atoms with Crippen molar-refractivity contribution in [3.05, 3.63) is 29.3 Å². The number of benzene rings is 1. The summed E-state index contributed by atoms with van der Waals surface area (Å²) in [5, 5.41) is 0. The lowest BCUT2D eigenvalue weighted by molar-refractivity contribution is 0.310. The van der Waals surface area contributed by atoms with Gasteiger partial charge in [-0.25, -0.2) is 21.5 Å². The van der Waals surface area contributed by atoms with Gasteiger partial charge in [0.05, 0.1) is 5.88 Å². The van der Waals surface area contributed by atoms with Gasteiger partial charge in [0.1, 0.15) is 10.7 Å². The molecule has 0 atom stereocenters. The first kappa shape index (κ1) is 17.3. The minimum atomic E-state index is -4.02. The van der Waals surface area contributed by atoms with Gasteiger partial charge in [0, 0.05) is 19.2 Å². The Bertz CT molecular complexity index is 597. The van der Waals surface area contributed by atoms with Crippen molar-refractivity contribution in [3.8, 4) is 0 Å². The van der Waals surface area contributed by atoms with E-state index in [1.165, 1.54) is 7.05 Å². The minimum absolute atomic E-state index is 0.211. The molecule has 0 aliphatic carbocycles. The molecule has 1 aromatic rings. The van der Waals surface area contributed by atoms with E-state index in [2.05, 4.69) is 0 Å². The molecule has 1 rings (SSSR count). The fourth-order valence-electron chi connectivity index (χ4n) is 1.82. The average Bonchev–Trinajstić information content (AvgIpc) is 2.26. The van der Waals surface area contributed by atoms with Crippen LogP contribution in [0.25, 0.3) is 0 Å². The normalized spacial score (nSPS) is 13.0. The molecular weight excluding hydrogens is 308 g/mol. The summed E-state index contributed by atoms with van der Waals surface area (Å²) in [5.74, 6) is -2.40.